The highest BCUT2D eigenvalue weighted by Gasteiger charge is 2.30. The van der Waals surface area contributed by atoms with Crippen molar-refractivity contribution in [1.82, 2.24) is 4.90 Å². The van der Waals surface area contributed by atoms with E-state index < -0.39 is 0 Å². The first-order valence-corrected chi connectivity index (χ1v) is 7.06. The summed E-state index contributed by atoms with van der Waals surface area (Å²) in [6, 6.07) is 5.50. The zero-order valence-corrected chi connectivity index (χ0v) is 11.2. The Hall–Kier alpha value is -0.800. The molecule has 0 spiro atoms. The third kappa shape index (κ3) is 2.21. The molecule has 2 saturated heterocycles. The monoisotopic (exact) mass is 268 g/mol. The third-order valence-corrected chi connectivity index (χ3v) is 4.40. The lowest BCUT2D eigenvalue weighted by molar-refractivity contribution is 0.133. The first kappa shape index (κ1) is 12.2. The van der Waals surface area contributed by atoms with Crippen molar-refractivity contribution < 1.29 is 4.39 Å². The molecule has 18 heavy (non-hydrogen) atoms. The summed E-state index contributed by atoms with van der Waals surface area (Å²) in [7, 11) is 0. The van der Waals surface area contributed by atoms with Crippen molar-refractivity contribution in [3.63, 3.8) is 0 Å². The molecule has 98 valence electrons. The maximum Gasteiger partial charge on any atom is 0.148 e. The van der Waals surface area contributed by atoms with Crippen molar-refractivity contribution in [2.75, 3.05) is 31.1 Å². The van der Waals surface area contributed by atoms with Crippen molar-refractivity contribution in [1.29, 1.82) is 0 Å². The predicted molar refractivity (Wildman–Crippen MR) is 72.8 cm³/mol. The number of para-hydroxylation sites is 1. The average molecular weight is 269 g/mol. The first-order valence-electron chi connectivity index (χ1n) is 6.69. The van der Waals surface area contributed by atoms with Gasteiger partial charge in [0.2, 0.25) is 0 Å². The van der Waals surface area contributed by atoms with E-state index in [2.05, 4.69) is 9.80 Å². The van der Waals surface area contributed by atoms with Crippen LogP contribution in [0, 0.1) is 5.82 Å². The number of piperidine rings is 1. The highest BCUT2D eigenvalue weighted by molar-refractivity contribution is 6.33. The van der Waals surface area contributed by atoms with E-state index in [1.165, 1.54) is 31.9 Å². The van der Waals surface area contributed by atoms with E-state index in [0.717, 1.165) is 19.6 Å². The molecule has 2 aliphatic rings. The van der Waals surface area contributed by atoms with Crippen LogP contribution in [-0.4, -0.2) is 37.1 Å². The molecule has 0 N–H and O–H groups in total. The van der Waals surface area contributed by atoms with Gasteiger partial charge >= 0.3 is 0 Å². The van der Waals surface area contributed by atoms with E-state index in [1.54, 1.807) is 12.1 Å². The SMILES string of the molecule is Fc1cccc(Cl)c1N1CCN2CCCCC2C1. The molecule has 0 aliphatic carbocycles. The van der Waals surface area contributed by atoms with E-state index in [9.17, 15) is 4.39 Å². The van der Waals surface area contributed by atoms with Gasteiger partial charge in [-0.3, -0.25) is 4.90 Å². The molecule has 1 aromatic carbocycles. The fourth-order valence-electron chi connectivity index (χ4n) is 3.15. The van der Waals surface area contributed by atoms with E-state index >= 15 is 0 Å². The minimum absolute atomic E-state index is 0.202. The number of hydrogen-bond acceptors (Lipinski definition) is 2. The molecular weight excluding hydrogens is 251 g/mol. The van der Waals surface area contributed by atoms with Gasteiger partial charge in [0.05, 0.1) is 10.7 Å². The van der Waals surface area contributed by atoms with Crippen LogP contribution in [0.3, 0.4) is 0 Å². The molecule has 0 bridgehead atoms. The molecule has 0 amide bonds. The summed E-state index contributed by atoms with van der Waals surface area (Å²) >= 11 is 6.14. The summed E-state index contributed by atoms with van der Waals surface area (Å²) in [5, 5.41) is 0.527. The fourth-order valence-corrected chi connectivity index (χ4v) is 3.43. The van der Waals surface area contributed by atoms with Crippen LogP contribution in [0.5, 0.6) is 0 Å². The van der Waals surface area contributed by atoms with Crippen LogP contribution >= 0.6 is 11.6 Å². The molecule has 0 aromatic heterocycles. The lowest BCUT2D eigenvalue weighted by Gasteiger charge is -2.45. The molecule has 1 aromatic rings. The number of rotatable bonds is 1. The van der Waals surface area contributed by atoms with Crippen LogP contribution in [0.25, 0.3) is 0 Å². The van der Waals surface area contributed by atoms with Crippen molar-refractivity contribution >= 4 is 17.3 Å². The summed E-state index contributed by atoms with van der Waals surface area (Å²) in [6.45, 7) is 4.00. The van der Waals surface area contributed by atoms with Gasteiger partial charge in [-0.05, 0) is 31.5 Å². The second-order valence-electron chi connectivity index (χ2n) is 5.20. The van der Waals surface area contributed by atoms with E-state index in [4.69, 9.17) is 11.6 Å². The maximum absolute atomic E-state index is 13.9. The van der Waals surface area contributed by atoms with Crippen LogP contribution in [0.4, 0.5) is 10.1 Å². The highest BCUT2D eigenvalue weighted by atomic mass is 35.5. The summed E-state index contributed by atoms with van der Waals surface area (Å²) in [5.41, 5.74) is 0.587. The van der Waals surface area contributed by atoms with Gasteiger partial charge < -0.3 is 4.90 Å². The molecule has 3 rings (SSSR count). The predicted octanol–water partition coefficient (Wildman–Crippen LogP) is 3.15. The van der Waals surface area contributed by atoms with Gasteiger partial charge in [0, 0.05) is 25.7 Å². The number of benzene rings is 1. The largest absolute Gasteiger partial charge is 0.365 e. The van der Waals surface area contributed by atoms with E-state index in [-0.39, 0.29) is 5.82 Å². The molecule has 0 saturated carbocycles. The van der Waals surface area contributed by atoms with Crippen LogP contribution in [0.15, 0.2) is 18.2 Å². The van der Waals surface area contributed by atoms with Crippen LogP contribution in [0.2, 0.25) is 5.02 Å². The smallest absolute Gasteiger partial charge is 0.148 e. The maximum atomic E-state index is 13.9. The normalized spacial score (nSPS) is 25.0. The second-order valence-corrected chi connectivity index (χ2v) is 5.61. The van der Waals surface area contributed by atoms with Gasteiger partial charge in [0.1, 0.15) is 5.82 Å². The molecule has 2 nitrogen and oxygen atoms in total. The van der Waals surface area contributed by atoms with Gasteiger partial charge in [-0.15, -0.1) is 0 Å². The summed E-state index contributed by atoms with van der Waals surface area (Å²) in [6.07, 6.45) is 3.82. The number of anilines is 1. The standard InChI is InChI=1S/C14H18ClFN2/c15-12-5-3-6-13(16)14(12)18-9-8-17-7-2-1-4-11(17)10-18/h3,5-6,11H,1-2,4,7-10H2. The van der Waals surface area contributed by atoms with Crippen molar-refractivity contribution in [3.05, 3.63) is 29.0 Å². The number of nitrogens with zero attached hydrogens (tertiary/aromatic N) is 2. The Morgan fingerprint density at radius 1 is 1.17 bits per heavy atom. The molecule has 2 fully saturated rings. The molecule has 1 atom stereocenters. The first-order chi connectivity index (χ1) is 8.75. The van der Waals surface area contributed by atoms with Crippen LogP contribution in [-0.2, 0) is 0 Å². The molecule has 2 heterocycles. The molecule has 2 aliphatic heterocycles. The van der Waals surface area contributed by atoms with Gasteiger partial charge in [0.15, 0.2) is 0 Å². The highest BCUT2D eigenvalue weighted by Crippen LogP contribution is 2.32. The zero-order chi connectivity index (χ0) is 12.5. The number of hydrogen-bond donors (Lipinski definition) is 0. The summed E-state index contributed by atoms with van der Waals surface area (Å²) in [4.78, 5) is 4.65. The lowest BCUT2D eigenvalue weighted by Crippen LogP contribution is -2.55. The zero-order valence-electron chi connectivity index (χ0n) is 10.4. The van der Waals surface area contributed by atoms with Gasteiger partial charge in [-0.1, -0.05) is 24.1 Å². The van der Waals surface area contributed by atoms with Crippen molar-refractivity contribution in [3.8, 4) is 0 Å². The number of fused-ring (bicyclic) bond motifs is 1. The van der Waals surface area contributed by atoms with Crippen LogP contribution < -0.4 is 4.90 Å². The van der Waals surface area contributed by atoms with E-state index in [1.807, 2.05) is 0 Å². The Bertz CT molecular complexity index is 418. The van der Waals surface area contributed by atoms with Gasteiger partial charge in [-0.2, -0.15) is 0 Å². The molecular formula is C14H18ClFN2. The van der Waals surface area contributed by atoms with Crippen molar-refractivity contribution in [2.45, 2.75) is 25.3 Å². The fraction of sp³-hybridized carbons (Fsp3) is 0.571. The number of halogens is 2. The minimum Gasteiger partial charge on any atom is -0.365 e. The summed E-state index contributed by atoms with van der Waals surface area (Å²) < 4.78 is 13.9. The molecule has 4 heteroatoms. The van der Waals surface area contributed by atoms with Crippen LogP contribution in [0.1, 0.15) is 19.3 Å². The lowest BCUT2D eigenvalue weighted by atomic mass is 9.99. The number of piperazine rings is 1. The Labute approximate surface area is 112 Å². The van der Waals surface area contributed by atoms with E-state index in [0.29, 0.717) is 16.8 Å². The summed E-state index contributed by atoms with van der Waals surface area (Å²) in [5.74, 6) is -0.202. The second kappa shape index (κ2) is 5.06. The quantitative estimate of drug-likeness (QED) is 0.772. The Morgan fingerprint density at radius 2 is 2.06 bits per heavy atom. The topological polar surface area (TPSA) is 6.48 Å². The Morgan fingerprint density at radius 3 is 2.89 bits per heavy atom. The Kier molecular flexibility index (Phi) is 3.44. The van der Waals surface area contributed by atoms with Gasteiger partial charge in [-0.25, -0.2) is 4.39 Å². The average Bonchev–Trinajstić information content (AvgIpc) is 2.38. The third-order valence-electron chi connectivity index (χ3n) is 4.09. The molecule has 0 radical (unpaired) electrons. The van der Waals surface area contributed by atoms with Gasteiger partial charge in [0.25, 0.3) is 0 Å². The molecule has 1 unspecified atom stereocenters. The Balaban J connectivity index is 1.81. The minimum atomic E-state index is -0.202. The van der Waals surface area contributed by atoms with Crippen molar-refractivity contribution in [2.24, 2.45) is 0 Å².